The third-order valence-electron chi connectivity index (χ3n) is 3.83. The Morgan fingerprint density at radius 3 is 2.85 bits per heavy atom. The molecule has 0 bridgehead atoms. The summed E-state index contributed by atoms with van der Waals surface area (Å²) >= 11 is 1.92. The second-order valence-electron chi connectivity index (χ2n) is 5.40. The third-order valence-corrected chi connectivity index (χ3v) is 5.23. The van der Waals surface area contributed by atoms with E-state index >= 15 is 0 Å². The van der Waals surface area contributed by atoms with Crippen molar-refractivity contribution in [1.82, 2.24) is 0 Å². The fourth-order valence-corrected chi connectivity index (χ4v) is 3.98. The number of unbranched alkanes of at least 4 members (excludes halogenated alkanes) is 4. The van der Waals surface area contributed by atoms with E-state index in [0.29, 0.717) is 5.25 Å². The number of para-hydroxylation sites is 1. The maximum absolute atomic E-state index is 11.0. The van der Waals surface area contributed by atoms with Crippen LogP contribution < -0.4 is 5.01 Å². The average molecular weight is 292 g/mol. The molecular formula is C16H24N2OS. The van der Waals surface area contributed by atoms with Crippen LogP contribution in [0.2, 0.25) is 0 Å². The van der Waals surface area contributed by atoms with Crippen molar-refractivity contribution in [2.45, 2.75) is 62.0 Å². The number of fused-ring (bicyclic) bond motifs is 1. The van der Waals surface area contributed by atoms with E-state index in [1.807, 2.05) is 30.0 Å². The Balaban J connectivity index is 1.90. The van der Waals surface area contributed by atoms with Crippen molar-refractivity contribution in [3.63, 3.8) is 0 Å². The first-order valence-corrected chi connectivity index (χ1v) is 8.59. The zero-order valence-corrected chi connectivity index (χ0v) is 13.1. The number of thioether (sulfide) groups is 1. The minimum atomic E-state index is 0.615. The molecule has 0 fully saturated rings. The third kappa shape index (κ3) is 4.23. The summed E-state index contributed by atoms with van der Waals surface area (Å²) in [6.07, 6.45) is 8.92. The van der Waals surface area contributed by atoms with Crippen LogP contribution in [0, 0.1) is 4.91 Å². The molecule has 1 aromatic rings. The van der Waals surface area contributed by atoms with E-state index in [1.54, 1.807) is 5.01 Å². The van der Waals surface area contributed by atoms with Crippen LogP contribution in [0.1, 0.15) is 51.9 Å². The van der Waals surface area contributed by atoms with E-state index in [-0.39, 0.29) is 0 Å². The SMILES string of the molecule is CCCCCCCC1CCN(N=O)c2ccccc2S1. The van der Waals surface area contributed by atoms with Crippen molar-refractivity contribution >= 4 is 17.4 Å². The van der Waals surface area contributed by atoms with Crippen LogP contribution in [-0.2, 0) is 0 Å². The molecule has 4 heteroatoms. The van der Waals surface area contributed by atoms with Crippen molar-refractivity contribution in [3.05, 3.63) is 29.2 Å². The first-order chi connectivity index (χ1) is 9.85. The lowest BCUT2D eigenvalue weighted by Gasteiger charge is -2.13. The Bertz CT molecular complexity index is 425. The van der Waals surface area contributed by atoms with E-state index < -0.39 is 0 Å². The zero-order chi connectivity index (χ0) is 14.2. The summed E-state index contributed by atoms with van der Waals surface area (Å²) in [6, 6.07) is 8.11. The number of rotatable bonds is 7. The topological polar surface area (TPSA) is 32.7 Å². The van der Waals surface area contributed by atoms with Gasteiger partial charge in [0, 0.05) is 16.7 Å². The Kier molecular flexibility index (Phi) is 6.37. The number of benzene rings is 1. The molecule has 1 heterocycles. The van der Waals surface area contributed by atoms with Gasteiger partial charge in [0.25, 0.3) is 0 Å². The molecule has 1 aliphatic rings. The summed E-state index contributed by atoms with van der Waals surface area (Å²) in [7, 11) is 0. The van der Waals surface area contributed by atoms with Gasteiger partial charge in [0.1, 0.15) is 0 Å². The molecule has 0 radical (unpaired) electrons. The van der Waals surface area contributed by atoms with E-state index in [9.17, 15) is 4.91 Å². The molecule has 20 heavy (non-hydrogen) atoms. The normalized spacial score (nSPS) is 18.4. The van der Waals surface area contributed by atoms with Gasteiger partial charge >= 0.3 is 0 Å². The number of hydrogen-bond donors (Lipinski definition) is 0. The number of anilines is 1. The van der Waals surface area contributed by atoms with Gasteiger partial charge in [0.2, 0.25) is 0 Å². The van der Waals surface area contributed by atoms with Crippen molar-refractivity contribution in [3.8, 4) is 0 Å². The highest BCUT2D eigenvalue weighted by atomic mass is 32.2. The molecule has 0 saturated heterocycles. The van der Waals surface area contributed by atoms with E-state index in [2.05, 4.69) is 18.3 Å². The van der Waals surface area contributed by atoms with Crippen LogP contribution in [0.3, 0.4) is 0 Å². The van der Waals surface area contributed by atoms with Crippen LogP contribution in [-0.4, -0.2) is 11.8 Å². The monoisotopic (exact) mass is 292 g/mol. The minimum Gasteiger partial charge on any atom is -0.228 e. The molecule has 1 aromatic carbocycles. The Morgan fingerprint density at radius 1 is 1.25 bits per heavy atom. The summed E-state index contributed by atoms with van der Waals surface area (Å²) in [5.41, 5.74) is 0.973. The predicted octanol–water partition coefficient (Wildman–Crippen LogP) is 5.40. The molecule has 0 N–H and O–H groups in total. The molecule has 3 nitrogen and oxygen atoms in total. The Labute approximate surface area is 126 Å². The summed E-state index contributed by atoms with van der Waals surface area (Å²) in [6.45, 7) is 2.99. The lowest BCUT2D eigenvalue weighted by Crippen LogP contribution is -2.18. The molecule has 0 spiro atoms. The molecule has 0 aliphatic carbocycles. The maximum Gasteiger partial charge on any atom is 0.0762 e. The van der Waals surface area contributed by atoms with Gasteiger partial charge in [0.05, 0.1) is 11.0 Å². The van der Waals surface area contributed by atoms with Crippen LogP contribution in [0.5, 0.6) is 0 Å². The van der Waals surface area contributed by atoms with Gasteiger partial charge in [-0.2, -0.15) is 0 Å². The number of hydrogen-bond acceptors (Lipinski definition) is 3. The highest BCUT2D eigenvalue weighted by Crippen LogP contribution is 2.39. The fourth-order valence-electron chi connectivity index (χ4n) is 2.66. The molecule has 0 aromatic heterocycles. The molecule has 110 valence electrons. The van der Waals surface area contributed by atoms with Gasteiger partial charge < -0.3 is 0 Å². The lowest BCUT2D eigenvalue weighted by molar-refractivity contribution is 0.582. The minimum absolute atomic E-state index is 0.615. The highest BCUT2D eigenvalue weighted by molar-refractivity contribution is 8.00. The molecule has 0 amide bonds. The van der Waals surface area contributed by atoms with Crippen molar-refractivity contribution in [2.24, 2.45) is 5.29 Å². The zero-order valence-electron chi connectivity index (χ0n) is 12.3. The van der Waals surface area contributed by atoms with Gasteiger partial charge in [-0.3, -0.25) is 0 Å². The standard InChI is InChI=1S/C16H24N2OS/c1-2-3-4-5-6-9-14-12-13-18(17-19)15-10-7-8-11-16(15)20-14/h7-8,10-11,14H,2-6,9,12-13H2,1H3. The predicted molar refractivity (Wildman–Crippen MR) is 87.2 cm³/mol. The van der Waals surface area contributed by atoms with Crippen LogP contribution in [0.4, 0.5) is 5.69 Å². The van der Waals surface area contributed by atoms with E-state index in [0.717, 1.165) is 18.7 Å². The average Bonchev–Trinajstić information content (AvgIpc) is 2.66. The molecule has 1 unspecified atom stereocenters. The summed E-state index contributed by atoms with van der Waals surface area (Å²) in [5, 5.41) is 5.40. The molecule has 2 rings (SSSR count). The van der Waals surface area contributed by atoms with Gasteiger partial charge in [-0.25, -0.2) is 5.01 Å². The molecule has 1 aliphatic heterocycles. The maximum atomic E-state index is 11.0. The van der Waals surface area contributed by atoms with Crippen molar-refractivity contribution in [1.29, 1.82) is 0 Å². The first-order valence-electron chi connectivity index (χ1n) is 7.71. The van der Waals surface area contributed by atoms with Crippen LogP contribution in [0.25, 0.3) is 0 Å². The van der Waals surface area contributed by atoms with Gasteiger partial charge in [0.15, 0.2) is 0 Å². The van der Waals surface area contributed by atoms with Gasteiger partial charge in [-0.1, -0.05) is 51.2 Å². The highest BCUT2D eigenvalue weighted by Gasteiger charge is 2.22. The summed E-state index contributed by atoms with van der Waals surface area (Å²) < 4.78 is 0. The summed E-state index contributed by atoms with van der Waals surface area (Å²) in [4.78, 5) is 12.2. The van der Waals surface area contributed by atoms with Crippen molar-refractivity contribution < 1.29 is 0 Å². The number of nitroso groups, excluding NO2 is 1. The second-order valence-corrected chi connectivity index (χ2v) is 6.75. The number of nitrogens with zero attached hydrogens (tertiary/aromatic N) is 2. The quantitative estimate of drug-likeness (QED) is 0.498. The second kappa shape index (κ2) is 8.30. The van der Waals surface area contributed by atoms with E-state index in [1.165, 1.54) is 43.4 Å². The van der Waals surface area contributed by atoms with Gasteiger partial charge in [-0.15, -0.1) is 16.7 Å². The molecule has 1 atom stereocenters. The Hall–Kier alpha value is -1.03. The molecular weight excluding hydrogens is 268 g/mol. The lowest BCUT2D eigenvalue weighted by atomic mass is 10.1. The largest absolute Gasteiger partial charge is 0.228 e. The summed E-state index contributed by atoms with van der Waals surface area (Å²) in [5.74, 6) is 0. The molecule has 0 saturated carbocycles. The van der Waals surface area contributed by atoms with Crippen LogP contribution >= 0.6 is 11.8 Å². The first kappa shape index (κ1) is 15.4. The Morgan fingerprint density at radius 2 is 2.05 bits per heavy atom. The van der Waals surface area contributed by atoms with Gasteiger partial charge in [-0.05, 0) is 25.0 Å². The van der Waals surface area contributed by atoms with Crippen molar-refractivity contribution in [2.75, 3.05) is 11.6 Å². The van der Waals surface area contributed by atoms with E-state index in [4.69, 9.17) is 0 Å². The van der Waals surface area contributed by atoms with Crippen LogP contribution in [0.15, 0.2) is 34.4 Å². The fraction of sp³-hybridized carbons (Fsp3) is 0.625. The smallest absolute Gasteiger partial charge is 0.0762 e.